The highest BCUT2D eigenvalue weighted by atomic mass is 16.3. The fourth-order valence-corrected chi connectivity index (χ4v) is 2.30. The summed E-state index contributed by atoms with van der Waals surface area (Å²) in [6, 6.07) is 11.0. The van der Waals surface area contributed by atoms with Crippen LogP contribution >= 0.6 is 0 Å². The molecule has 112 valence electrons. The molecule has 4 heteroatoms. The molecule has 0 aliphatic carbocycles. The first-order valence-corrected chi connectivity index (χ1v) is 6.87. The normalized spacial score (nSPS) is 10.5. The summed E-state index contributed by atoms with van der Waals surface area (Å²) in [5.41, 5.74) is 3.85. The molecule has 0 fully saturated rings. The van der Waals surface area contributed by atoms with Crippen LogP contribution in [0.3, 0.4) is 0 Å². The van der Waals surface area contributed by atoms with Crippen molar-refractivity contribution in [2.24, 2.45) is 0 Å². The molecule has 0 aromatic heterocycles. The van der Waals surface area contributed by atoms with Crippen LogP contribution in [-0.4, -0.2) is 38.4 Å². The van der Waals surface area contributed by atoms with E-state index in [2.05, 4.69) is 0 Å². The monoisotopic (exact) mass is 286 g/mol. The molecule has 0 saturated carbocycles. The van der Waals surface area contributed by atoms with Gasteiger partial charge in [0.2, 0.25) is 0 Å². The molecule has 0 bridgehead atoms. The highest BCUT2D eigenvalue weighted by molar-refractivity contribution is 5.59. The average Bonchev–Trinajstić information content (AvgIpc) is 2.42. The second-order valence-electron chi connectivity index (χ2n) is 5.59. The van der Waals surface area contributed by atoms with Crippen LogP contribution in [0.1, 0.15) is 11.1 Å². The van der Waals surface area contributed by atoms with Gasteiger partial charge in [0.25, 0.3) is 0 Å². The Morgan fingerprint density at radius 3 is 2.05 bits per heavy atom. The first kappa shape index (κ1) is 15.0. The first-order chi connectivity index (χ1) is 9.88. The lowest BCUT2D eigenvalue weighted by Crippen LogP contribution is -2.11. The minimum Gasteiger partial charge on any atom is -0.508 e. The third kappa shape index (κ3) is 3.40. The molecular formula is C17H22N2O2. The molecule has 2 rings (SSSR count). The molecule has 0 unspecified atom stereocenters. The number of anilines is 2. The van der Waals surface area contributed by atoms with E-state index in [-0.39, 0.29) is 5.75 Å². The van der Waals surface area contributed by atoms with Gasteiger partial charge in [0, 0.05) is 58.1 Å². The largest absolute Gasteiger partial charge is 0.508 e. The van der Waals surface area contributed by atoms with Gasteiger partial charge in [-0.25, -0.2) is 0 Å². The quantitative estimate of drug-likeness (QED) is 0.907. The molecule has 0 amide bonds. The summed E-state index contributed by atoms with van der Waals surface area (Å²) in [4.78, 5) is 3.91. The van der Waals surface area contributed by atoms with Gasteiger partial charge in [0.1, 0.15) is 11.5 Å². The van der Waals surface area contributed by atoms with Crippen molar-refractivity contribution < 1.29 is 10.2 Å². The van der Waals surface area contributed by atoms with Gasteiger partial charge in [0.05, 0.1) is 0 Å². The molecule has 0 radical (unpaired) electrons. The zero-order chi connectivity index (χ0) is 15.6. The van der Waals surface area contributed by atoms with Crippen LogP contribution in [0.15, 0.2) is 36.4 Å². The Morgan fingerprint density at radius 2 is 1.48 bits per heavy atom. The van der Waals surface area contributed by atoms with Crippen LogP contribution in [0.2, 0.25) is 0 Å². The van der Waals surface area contributed by atoms with Crippen molar-refractivity contribution in [1.82, 2.24) is 0 Å². The molecule has 21 heavy (non-hydrogen) atoms. The molecule has 2 aromatic carbocycles. The van der Waals surface area contributed by atoms with Crippen molar-refractivity contribution >= 4 is 11.4 Å². The molecule has 0 aliphatic heterocycles. The zero-order valence-corrected chi connectivity index (χ0v) is 13.0. The van der Waals surface area contributed by atoms with Crippen LogP contribution in [0.25, 0.3) is 0 Å². The Morgan fingerprint density at radius 1 is 0.810 bits per heavy atom. The summed E-state index contributed by atoms with van der Waals surface area (Å²) in [5, 5.41) is 19.8. The topological polar surface area (TPSA) is 46.9 Å². The van der Waals surface area contributed by atoms with E-state index in [1.807, 2.05) is 56.2 Å². The summed E-state index contributed by atoms with van der Waals surface area (Å²) >= 11 is 0. The van der Waals surface area contributed by atoms with Gasteiger partial charge in [-0.05, 0) is 23.3 Å². The minimum absolute atomic E-state index is 0.245. The number of nitrogens with zero attached hydrogens (tertiary/aromatic N) is 2. The van der Waals surface area contributed by atoms with Gasteiger partial charge in [-0.3, -0.25) is 0 Å². The molecule has 0 aliphatic rings. The van der Waals surface area contributed by atoms with E-state index < -0.39 is 0 Å². The average molecular weight is 286 g/mol. The van der Waals surface area contributed by atoms with Crippen LogP contribution in [0.4, 0.5) is 11.4 Å². The number of hydrogen-bond acceptors (Lipinski definition) is 4. The number of hydrogen-bond donors (Lipinski definition) is 2. The smallest absolute Gasteiger partial charge is 0.121 e. The van der Waals surface area contributed by atoms with E-state index in [0.717, 1.165) is 22.5 Å². The number of aromatic hydroxyl groups is 2. The van der Waals surface area contributed by atoms with Crippen molar-refractivity contribution in [2.75, 3.05) is 38.0 Å². The van der Waals surface area contributed by atoms with Crippen LogP contribution in [0, 0.1) is 0 Å². The van der Waals surface area contributed by atoms with Gasteiger partial charge < -0.3 is 20.0 Å². The van der Waals surface area contributed by atoms with E-state index >= 15 is 0 Å². The van der Waals surface area contributed by atoms with Crippen molar-refractivity contribution in [3.05, 3.63) is 47.5 Å². The third-order valence-corrected chi connectivity index (χ3v) is 3.52. The number of benzene rings is 2. The fraction of sp³-hybridized carbons (Fsp3) is 0.294. The number of rotatable bonds is 4. The second kappa shape index (κ2) is 5.95. The predicted molar refractivity (Wildman–Crippen MR) is 87.7 cm³/mol. The van der Waals surface area contributed by atoms with Gasteiger partial charge in [-0.2, -0.15) is 0 Å². The third-order valence-electron chi connectivity index (χ3n) is 3.52. The maximum atomic E-state index is 10.2. The van der Waals surface area contributed by atoms with Crippen LogP contribution in [-0.2, 0) is 6.42 Å². The molecular weight excluding hydrogens is 264 g/mol. The van der Waals surface area contributed by atoms with Gasteiger partial charge in [0.15, 0.2) is 0 Å². The standard InChI is InChI=1S/C17H22N2O2/c1-18(2)14-7-5-13(17(21)10-14)9-12-6-8-15(20)11-16(12)19(3)4/h5-8,10-11,20-21H,9H2,1-4H3. The van der Waals surface area contributed by atoms with Crippen molar-refractivity contribution in [2.45, 2.75) is 6.42 Å². The van der Waals surface area contributed by atoms with E-state index in [0.29, 0.717) is 12.2 Å². The SMILES string of the molecule is CN(C)c1ccc(Cc2ccc(O)cc2N(C)C)c(O)c1. The molecule has 2 N–H and O–H groups in total. The molecule has 0 spiro atoms. The Kier molecular flexibility index (Phi) is 4.26. The maximum Gasteiger partial charge on any atom is 0.121 e. The summed E-state index contributed by atoms with van der Waals surface area (Å²) in [6.45, 7) is 0. The summed E-state index contributed by atoms with van der Waals surface area (Å²) in [5.74, 6) is 0.536. The molecule has 4 nitrogen and oxygen atoms in total. The van der Waals surface area contributed by atoms with Crippen LogP contribution < -0.4 is 9.80 Å². The van der Waals surface area contributed by atoms with E-state index in [1.54, 1.807) is 18.2 Å². The Balaban J connectivity index is 2.34. The number of phenolic OH excluding ortho intramolecular Hbond substituents is 2. The van der Waals surface area contributed by atoms with Crippen LogP contribution in [0.5, 0.6) is 11.5 Å². The lowest BCUT2D eigenvalue weighted by Gasteiger charge is -2.19. The van der Waals surface area contributed by atoms with E-state index in [4.69, 9.17) is 0 Å². The lowest BCUT2D eigenvalue weighted by molar-refractivity contribution is 0.469. The number of phenols is 2. The molecule has 0 saturated heterocycles. The highest BCUT2D eigenvalue weighted by Gasteiger charge is 2.10. The summed E-state index contributed by atoms with van der Waals surface area (Å²) in [6.07, 6.45) is 0.618. The lowest BCUT2D eigenvalue weighted by atomic mass is 10.0. The zero-order valence-electron chi connectivity index (χ0n) is 13.0. The molecule has 0 atom stereocenters. The Labute approximate surface area is 125 Å². The predicted octanol–water partition coefficient (Wildman–Crippen LogP) is 2.82. The van der Waals surface area contributed by atoms with Gasteiger partial charge >= 0.3 is 0 Å². The summed E-state index contributed by atoms with van der Waals surface area (Å²) < 4.78 is 0. The Bertz CT molecular complexity index is 637. The summed E-state index contributed by atoms with van der Waals surface area (Å²) in [7, 11) is 7.76. The van der Waals surface area contributed by atoms with Crippen molar-refractivity contribution in [3.63, 3.8) is 0 Å². The van der Waals surface area contributed by atoms with E-state index in [1.165, 1.54) is 0 Å². The van der Waals surface area contributed by atoms with Gasteiger partial charge in [-0.1, -0.05) is 12.1 Å². The Hall–Kier alpha value is -2.36. The first-order valence-electron chi connectivity index (χ1n) is 6.87. The van der Waals surface area contributed by atoms with Crippen molar-refractivity contribution in [3.8, 4) is 11.5 Å². The van der Waals surface area contributed by atoms with Crippen molar-refractivity contribution in [1.29, 1.82) is 0 Å². The minimum atomic E-state index is 0.245. The van der Waals surface area contributed by atoms with Gasteiger partial charge in [-0.15, -0.1) is 0 Å². The fourth-order valence-electron chi connectivity index (χ4n) is 2.30. The highest BCUT2D eigenvalue weighted by Crippen LogP contribution is 2.30. The second-order valence-corrected chi connectivity index (χ2v) is 5.59. The molecule has 0 heterocycles. The maximum absolute atomic E-state index is 10.2. The molecule has 2 aromatic rings. The van der Waals surface area contributed by atoms with E-state index in [9.17, 15) is 10.2 Å².